The zero-order valence-electron chi connectivity index (χ0n) is 10.1. The summed E-state index contributed by atoms with van der Waals surface area (Å²) in [6.07, 6.45) is 8.91. The highest BCUT2D eigenvalue weighted by Gasteiger charge is 2.15. The van der Waals surface area contributed by atoms with Crippen LogP contribution in [0.3, 0.4) is 0 Å². The van der Waals surface area contributed by atoms with Crippen molar-refractivity contribution < 1.29 is 0 Å². The van der Waals surface area contributed by atoms with Gasteiger partial charge in [0.15, 0.2) is 0 Å². The molecule has 0 aromatic rings. The highest BCUT2D eigenvalue weighted by molar-refractivity contribution is 5.10. The number of unbranched alkanes of at least 4 members (excludes halogenated alkanes) is 2. The van der Waals surface area contributed by atoms with E-state index in [1.54, 1.807) is 5.57 Å². The van der Waals surface area contributed by atoms with Crippen molar-refractivity contribution in [1.82, 2.24) is 0 Å². The van der Waals surface area contributed by atoms with Gasteiger partial charge >= 0.3 is 0 Å². The van der Waals surface area contributed by atoms with Gasteiger partial charge in [0.2, 0.25) is 0 Å². The molecule has 0 atom stereocenters. The van der Waals surface area contributed by atoms with Crippen molar-refractivity contribution in [3.8, 4) is 0 Å². The third-order valence-electron chi connectivity index (χ3n) is 2.44. The molecule has 0 heterocycles. The predicted octanol–water partition coefficient (Wildman–Crippen LogP) is 4.95. The summed E-state index contributed by atoms with van der Waals surface area (Å²) in [6.45, 7) is 11.5. The highest BCUT2D eigenvalue weighted by atomic mass is 14.2. The second kappa shape index (κ2) is 6.23. The average Bonchev–Trinajstić information content (AvgIpc) is 2.02. The molecule has 0 unspecified atom stereocenters. The third kappa shape index (κ3) is 5.90. The lowest BCUT2D eigenvalue weighted by molar-refractivity contribution is 0.473. The molecule has 0 nitrogen and oxygen atoms in total. The first-order valence-electron chi connectivity index (χ1n) is 5.71. The molecule has 0 rings (SSSR count). The molecule has 0 fully saturated rings. The summed E-state index contributed by atoms with van der Waals surface area (Å²) in [6, 6.07) is 0. The lowest BCUT2D eigenvalue weighted by Crippen LogP contribution is -2.09. The standard InChI is InChI=1S/C13H26/c1-6-8-10-12(11-9-7-2)13(3,4)5/h10H,6-9,11H2,1-5H3. The molecule has 0 radical (unpaired) electrons. The van der Waals surface area contributed by atoms with E-state index in [2.05, 4.69) is 40.7 Å². The van der Waals surface area contributed by atoms with Gasteiger partial charge in [-0.25, -0.2) is 0 Å². The Labute approximate surface area is 84.4 Å². The Morgan fingerprint density at radius 3 is 2.08 bits per heavy atom. The van der Waals surface area contributed by atoms with Gasteiger partial charge in [-0.1, -0.05) is 59.1 Å². The minimum Gasteiger partial charge on any atom is -0.0848 e. The molecule has 0 aromatic carbocycles. The van der Waals surface area contributed by atoms with Gasteiger partial charge in [-0.15, -0.1) is 0 Å². The topological polar surface area (TPSA) is 0 Å². The van der Waals surface area contributed by atoms with Gasteiger partial charge in [0.1, 0.15) is 0 Å². The lowest BCUT2D eigenvalue weighted by Gasteiger charge is -2.23. The maximum absolute atomic E-state index is 2.45. The molecule has 0 bridgehead atoms. The molecule has 0 saturated heterocycles. The Kier molecular flexibility index (Phi) is 6.11. The SMILES string of the molecule is CCCC=C(CCCC)C(C)(C)C. The van der Waals surface area contributed by atoms with E-state index in [0.717, 1.165) is 0 Å². The van der Waals surface area contributed by atoms with E-state index in [9.17, 15) is 0 Å². The molecule has 0 N–H and O–H groups in total. The van der Waals surface area contributed by atoms with Crippen LogP contribution in [0, 0.1) is 5.41 Å². The molecule has 0 amide bonds. The fourth-order valence-corrected chi connectivity index (χ4v) is 1.47. The molecule has 0 saturated carbocycles. The van der Waals surface area contributed by atoms with Crippen molar-refractivity contribution in [3.05, 3.63) is 11.6 Å². The van der Waals surface area contributed by atoms with E-state index < -0.39 is 0 Å². The van der Waals surface area contributed by atoms with Crippen LogP contribution in [0.1, 0.15) is 66.7 Å². The molecular weight excluding hydrogens is 156 g/mol. The molecule has 0 heteroatoms. The minimum atomic E-state index is 0.379. The van der Waals surface area contributed by atoms with E-state index in [0.29, 0.717) is 5.41 Å². The molecule has 0 aromatic heterocycles. The summed E-state index contributed by atoms with van der Waals surface area (Å²) in [5.74, 6) is 0. The molecule has 13 heavy (non-hydrogen) atoms. The minimum absolute atomic E-state index is 0.379. The summed E-state index contributed by atoms with van der Waals surface area (Å²) in [5, 5.41) is 0. The summed E-state index contributed by atoms with van der Waals surface area (Å²) in [5.41, 5.74) is 2.03. The van der Waals surface area contributed by atoms with Gasteiger partial charge in [0, 0.05) is 0 Å². The van der Waals surface area contributed by atoms with Crippen LogP contribution in [-0.4, -0.2) is 0 Å². The van der Waals surface area contributed by atoms with Crippen LogP contribution in [0.4, 0.5) is 0 Å². The van der Waals surface area contributed by atoms with Gasteiger partial charge in [0.25, 0.3) is 0 Å². The Balaban J connectivity index is 4.19. The fraction of sp³-hybridized carbons (Fsp3) is 0.846. The number of hydrogen-bond donors (Lipinski definition) is 0. The van der Waals surface area contributed by atoms with Crippen LogP contribution in [0.2, 0.25) is 0 Å². The quantitative estimate of drug-likeness (QED) is 0.528. The Hall–Kier alpha value is -0.260. The molecular formula is C13H26. The largest absolute Gasteiger partial charge is 0.0848 e. The van der Waals surface area contributed by atoms with Crippen molar-refractivity contribution in [2.45, 2.75) is 66.7 Å². The molecule has 0 aliphatic carbocycles. The first-order chi connectivity index (χ1) is 6.02. The molecule has 0 spiro atoms. The maximum atomic E-state index is 2.45. The van der Waals surface area contributed by atoms with E-state index in [-0.39, 0.29) is 0 Å². The average molecular weight is 182 g/mol. The predicted molar refractivity (Wildman–Crippen MR) is 62.0 cm³/mol. The first-order valence-corrected chi connectivity index (χ1v) is 5.71. The van der Waals surface area contributed by atoms with Crippen LogP contribution >= 0.6 is 0 Å². The second-order valence-electron chi connectivity index (χ2n) is 4.87. The van der Waals surface area contributed by atoms with Crippen LogP contribution in [-0.2, 0) is 0 Å². The Bertz CT molecular complexity index is 146. The van der Waals surface area contributed by atoms with Crippen molar-refractivity contribution in [3.63, 3.8) is 0 Å². The van der Waals surface area contributed by atoms with Crippen LogP contribution in [0.25, 0.3) is 0 Å². The van der Waals surface area contributed by atoms with Gasteiger partial charge < -0.3 is 0 Å². The van der Waals surface area contributed by atoms with Crippen molar-refractivity contribution in [2.75, 3.05) is 0 Å². The highest BCUT2D eigenvalue weighted by Crippen LogP contribution is 2.29. The Morgan fingerprint density at radius 2 is 1.69 bits per heavy atom. The fourth-order valence-electron chi connectivity index (χ4n) is 1.47. The van der Waals surface area contributed by atoms with Gasteiger partial charge in [-0.05, 0) is 24.7 Å². The van der Waals surface area contributed by atoms with Crippen LogP contribution in [0.15, 0.2) is 11.6 Å². The second-order valence-corrected chi connectivity index (χ2v) is 4.87. The number of hydrogen-bond acceptors (Lipinski definition) is 0. The van der Waals surface area contributed by atoms with Crippen LogP contribution in [0.5, 0.6) is 0 Å². The van der Waals surface area contributed by atoms with E-state index >= 15 is 0 Å². The number of rotatable bonds is 5. The zero-order chi connectivity index (χ0) is 10.3. The Morgan fingerprint density at radius 1 is 1.08 bits per heavy atom. The van der Waals surface area contributed by atoms with E-state index in [1.807, 2.05) is 0 Å². The summed E-state index contributed by atoms with van der Waals surface area (Å²) >= 11 is 0. The van der Waals surface area contributed by atoms with Crippen molar-refractivity contribution in [1.29, 1.82) is 0 Å². The van der Waals surface area contributed by atoms with Gasteiger partial charge in [-0.3, -0.25) is 0 Å². The third-order valence-corrected chi connectivity index (χ3v) is 2.44. The lowest BCUT2D eigenvalue weighted by atomic mass is 9.83. The van der Waals surface area contributed by atoms with Crippen molar-refractivity contribution in [2.24, 2.45) is 5.41 Å². The van der Waals surface area contributed by atoms with E-state index in [1.165, 1.54) is 32.1 Å². The van der Waals surface area contributed by atoms with Gasteiger partial charge in [0.05, 0.1) is 0 Å². The van der Waals surface area contributed by atoms with E-state index in [4.69, 9.17) is 0 Å². The maximum Gasteiger partial charge on any atom is -0.0173 e. The summed E-state index contributed by atoms with van der Waals surface area (Å²) < 4.78 is 0. The normalized spacial score (nSPS) is 13.5. The van der Waals surface area contributed by atoms with Gasteiger partial charge in [-0.2, -0.15) is 0 Å². The summed E-state index contributed by atoms with van der Waals surface area (Å²) in [7, 11) is 0. The number of allylic oxidation sites excluding steroid dienone is 2. The summed E-state index contributed by atoms with van der Waals surface area (Å²) in [4.78, 5) is 0. The molecule has 0 aliphatic rings. The molecule has 0 aliphatic heterocycles. The van der Waals surface area contributed by atoms with Crippen molar-refractivity contribution >= 4 is 0 Å². The zero-order valence-corrected chi connectivity index (χ0v) is 10.1. The first kappa shape index (κ1) is 12.7. The van der Waals surface area contributed by atoms with Crippen LogP contribution < -0.4 is 0 Å². The monoisotopic (exact) mass is 182 g/mol. The molecule has 78 valence electrons. The smallest absolute Gasteiger partial charge is 0.0173 e.